The van der Waals surface area contributed by atoms with Gasteiger partial charge in [0.15, 0.2) is 11.5 Å². The first-order valence-corrected chi connectivity index (χ1v) is 5.42. The maximum Gasteiger partial charge on any atom is 0.194 e. The summed E-state index contributed by atoms with van der Waals surface area (Å²) in [5.74, 6) is 0.357. The van der Waals surface area contributed by atoms with E-state index in [4.69, 9.17) is 4.42 Å². The molecular weight excluding hydrogens is 200 g/mol. The van der Waals surface area contributed by atoms with Crippen molar-refractivity contribution in [3.05, 3.63) is 48.4 Å². The number of furan rings is 1. The quantitative estimate of drug-likeness (QED) is 0.705. The number of rotatable bonds is 2. The summed E-state index contributed by atoms with van der Waals surface area (Å²) < 4.78 is 5.13. The third-order valence-corrected chi connectivity index (χ3v) is 2.05. The summed E-state index contributed by atoms with van der Waals surface area (Å²) >= 11 is 0. The van der Waals surface area contributed by atoms with Crippen LogP contribution in [-0.4, -0.2) is 5.78 Å². The van der Waals surface area contributed by atoms with Gasteiger partial charge >= 0.3 is 0 Å². The molecule has 84 valence electrons. The van der Waals surface area contributed by atoms with Crippen molar-refractivity contribution < 1.29 is 9.21 Å². The molecule has 2 aromatic rings. The zero-order valence-electron chi connectivity index (χ0n) is 9.86. The molecule has 0 aliphatic carbocycles. The highest BCUT2D eigenvalue weighted by molar-refractivity contribution is 5.92. The fourth-order valence-electron chi connectivity index (χ4n) is 1.30. The average Bonchev–Trinajstić information content (AvgIpc) is 2.82. The molecule has 1 aromatic carbocycles. The van der Waals surface area contributed by atoms with Crippen molar-refractivity contribution in [3.63, 3.8) is 0 Å². The monoisotopic (exact) mass is 216 g/mol. The Morgan fingerprint density at radius 3 is 2.19 bits per heavy atom. The Kier molecular flexibility index (Phi) is 4.52. The van der Waals surface area contributed by atoms with E-state index >= 15 is 0 Å². The minimum atomic E-state index is -0.0489. The van der Waals surface area contributed by atoms with Crippen molar-refractivity contribution in [1.82, 2.24) is 0 Å². The van der Waals surface area contributed by atoms with Crippen LogP contribution in [0.1, 0.15) is 31.3 Å². The third kappa shape index (κ3) is 2.83. The van der Waals surface area contributed by atoms with Gasteiger partial charge < -0.3 is 4.42 Å². The Bertz CT molecular complexity index is 441. The Morgan fingerprint density at radius 1 is 1.06 bits per heavy atom. The summed E-state index contributed by atoms with van der Waals surface area (Å²) in [7, 11) is 0. The number of carbonyl (C=O) groups is 1. The Balaban J connectivity index is 0.000000606. The van der Waals surface area contributed by atoms with Crippen molar-refractivity contribution in [2.45, 2.75) is 20.8 Å². The summed E-state index contributed by atoms with van der Waals surface area (Å²) in [4.78, 5) is 11.0. The molecular formula is C14H16O2. The molecule has 0 saturated heterocycles. The topological polar surface area (TPSA) is 30.2 Å². The number of ketones is 1. The highest BCUT2D eigenvalue weighted by atomic mass is 16.3. The van der Waals surface area contributed by atoms with Gasteiger partial charge in [0.05, 0.1) is 6.26 Å². The van der Waals surface area contributed by atoms with Gasteiger partial charge in [-0.05, 0) is 11.6 Å². The number of hydrogen-bond acceptors (Lipinski definition) is 2. The van der Waals surface area contributed by atoms with E-state index in [0.29, 0.717) is 5.76 Å². The van der Waals surface area contributed by atoms with E-state index in [0.717, 1.165) is 11.1 Å². The van der Waals surface area contributed by atoms with Crippen LogP contribution in [0, 0.1) is 0 Å². The smallest absolute Gasteiger partial charge is 0.194 e. The van der Waals surface area contributed by atoms with E-state index in [9.17, 15) is 4.79 Å². The lowest BCUT2D eigenvalue weighted by Crippen LogP contribution is -1.85. The minimum Gasteiger partial charge on any atom is -0.461 e. The standard InChI is InChI=1S/C12H10O2.C2H6/c1-9(13)12-7-11(8-14-12)10-5-3-2-4-6-10;1-2/h2-8H,1H3;1-2H3. The van der Waals surface area contributed by atoms with Crippen LogP contribution in [0.3, 0.4) is 0 Å². The first-order chi connectivity index (χ1) is 7.77. The first kappa shape index (κ1) is 12.2. The number of hydrogen-bond donors (Lipinski definition) is 0. The van der Waals surface area contributed by atoms with Crippen molar-refractivity contribution in [2.75, 3.05) is 0 Å². The van der Waals surface area contributed by atoms with Crippen LogP contribution in [0.2, 0.25) is 0 Å². The zero-order chi connectivity index (χ0) is 12.0. The van der Waals surface area contributed by atoms with Crippen LogP contribution >= 0.6 is 0 Å². The molecule has 0 atom stereocenters. The molecule has 2 rings (SSSR count). The van der Waals surface area contributed by atoms with E-state index in [-0.39, 0.29) is 5.78 Å². The summed E-state index contributed by atoms with van der Waals surface area (Å²) in [5, 5.41) is 0. The fourth-order valence-corrected chi connectivity index (χ4v) is 1.30. The summed E-state index contributed by atoms with van der Waals surface area (Å²) in [6.07, 6.45) is 1.60. The Morgan fingerprint density at radius 2 is 1.69 bits per heavy atom. The molecule has 0 unspecified atom stereocenters. The van der Waals surface area contributed by atoms with Gasteiger partial charge in [0.1, 0.15) is 0 Å². The maximum atomic E-state index is 11.0. The van der Waals surface area contributed by atoms with E-state index in [1.54, 1.807) is 12.3 Å². The van der Waals surface area contributed by atoms with Gasteiger partial charge in [-0.1, -0.05) is 44.2 Å². The molecule has 0 bridgehead atoms. The molecule has 16 heavy (non-hydrogen) atoms. The second-order valence-electron chi connectivity index (χ2n) is 3.12. The molecule has 0 aliphatic rings. The summed E-state index contributed by atoms with van der Waals surface area (Å²) in [6, 6.07) is 11.6. The third-order valence-electron chi connectivity index (χ3n) is 2.05. The largest absolute Gasteiger partial charge is 0.461 e. The van der Waals surface area contributed by atoms with Crippen LogP contribution in [0.25, 0.3) is 11.1 Å². The molecule has 0 amide bonds. The van der Waals surface area contributed by atoms with Crippen molar-refractivity contribution in [1.29, 1.82) is 0 Å². The van der Waals surface area contributed by atoms with Gasteiger partial charge in [0.25, 0.3) is 0 Å². The lowest BCUT2D eigenvalue weighted by Gasteiger charge is -1.92. The van der Waals surface area contributed by atoms with E-state index in [2.05, 4.69) is 0 Å². The minimum absolute atomic E-state index is 0.0489. The van der Waals surface area contributed by atoms with Gasteiger partial charge in [-0.25, -0.2) is 0 Å². The van der Waals surface area contributed by atoms with Gasteiger partial charge in [-0.15, -0.1) is 0 Å². The molecule has 1 aromatic heterocycles. The van der Waals surface area contributed by atoms with E-state index in [1.165, 1.54) is 6.92 Å². The predicted molar refractivity (Wildman–Crippen MR) is 65.5 cm³/mol. The van der Waals surface area contributed by atoms with Crippen molar-refractivity contribution in [3.8, 4) is 11.1 Å². The number of Topliss-reactive ketones (excluding diaryl/α,β-unsaturated/α-hetero) is 1. The fraction of sp³-hybridized carbons (Fsp3) is 0.214. The van der Waals surface area contributed by atoms with E-state index < -0.39 is 0 Å². The lowest BCUT2D eigenvalue weighted by atomic mass is 10.1. The molecule has 1 heterocycles. The second kappa shape index (κ2) is 5.91. The van der Waals surface area contributed by atoms with Crippen LogP contribution in [0.15, 0.2) is 47.1 Å². The van der Waals surface area contributed by atoms with Gasteiger partial charge in [0, 0.05) is 12.5 Å². The SMILES string of the molecule is CC.CC(=O)c1cc(-c2ccccc2)co1. The average molecular weight is 216 g/mol. The second-order valence-corrected chi connectivity index (χ2v) is 3.12. The molecule has 0 radical (unpaired) electrons. The summed E-state index contributed by atoms with van der Waals surface area (Å²) in [5.41, 5.74) is 2.00. The Hall–Kier alpha value is -1.83. The van der Waals surface area contributed by atoms with Gasteiger partial charge in [0.2, 0.25) is 0 Å². The molecule has 0 N–H and O–H groups in total. The summed E-state index contributed by atoms with van der Waals surface area (Å²) in [6.45, 7) is 5.49. The predicted octanol–water partition coefficient (Wildman–Crippen LogP) is 4.18. The molecule has 0 fully saturated rings. The number of carbonyl (C=O) groups excluding carboxylic acids is 1. The van der Waals surface area contributed by atoms with Crippen LogP contribution in [0.5, 0.6) is 0 Å². The lowest BCUT2D eigenvalue weighted by molar-refractivity contribution is 0.0987. The van der Waals surface area contributed by atoms with Crippen molar-refractivity contribution in [2.24, 2.45) is 0 Å². The van der Waals surface area contributed by atoms with Crippen LogP contribution in [0.4, 0.5) is 0 Å². The van der Waals surface area contributed by atoms with E-state index in [1.807, 2.05) is 44.2 Å². The van der Waals surface area contributed by atoms with Gasteiger partial charge in [-0.2, -0.15) is 0 Å². The Labute approximate surface area is 95.9 Å². The van der Waals surface area contributed by atoms with Gasteiger partial charge in [-0.3, -0.25) is 4.79 Å². The molecule has 0 spiro atoms. The molecule has 0 saturated carbocycles. The first-order valence-electron chi connectivity index (χ1n) is 5.42. The molecule has 0 aliphatic heterocycles. The van der Waals surface area contributed by atoms with Crippen LogP contribution in [-0.2, 0) is 0 Å². The maximum absolute atomic E-state index is 11.0. The van der Waals surface area contributed by atoms with Crippen LogP contribution < -0.4 is 0 Å². The highest BCUT2D eigenvalue weighted by Crippen LogP contribution is 2.21. The normalized spacial score (nSPS) is 9.19. The highest BCUT2D eigenvalue weighted by Gasteiger charge is 2.06. The zero-order valence-corrected chi connectivity index (χ0v) is 9.86. The number of benzene rings is 1. The van der Waals surface area contributed by atoms with Crippen molar-refractivity contribution >= 4 is 5.78 Å². The molecule has 2 nitrogen and oxygen atoms in total. The molecule has 2 heteroatoms.